The van der Waals surface area contributed by atoms with Gasteiger partial charge >= 0.3 is 4.87 Å². The van der Waals surface area contributed by atoms with E-state index in [2.05, 4.69) is 11.4 Å². The van der Waals surface area contributed by atoms with Gasteiger partial charge in [0.05, 0.1) is 11.6 Å². The Hall–Kier alpha value is -2.51. The van der Waals surface area contributed by atoms with Crippen LogP contribution in [0.15, 0.2) is 58.4 Å². The van der Waals surface area contributed by atoms with Crippen LogP contribution in [0.3, 0.4) is 0 Å². The molecule has 0 aliphatic carbocycles. The van der Waals surface area contributed by atoms with Gasteiger partial charge in [-0.2, -0.15) is 0 Å². The molecule has 0 saturated carbocycles. The summed E-state index contributed by atoms with van der Waals surface area (Å²) in [6, 6.07) is 15.7. The van der Waals surface area contributed by atoms with Gasteiger partial charge in [-0.25, -0.2) is 0 Å². The largest absolute Gasteiger partial charge is 0.493 e. The number of thiazole rings is 1. The molecule has 0 fully saturated rings. The van der Waals surface area contributed by atoms with E-state index < -0.39 is 0 Å². The van der Waals surface area contributed by atoms with E-state index >= 15 is 0 Å². The number of carbonyl (C=O) groups excluding carboxylic acids is 1. The standard InChI is InChI=1S/C22H20N2O3S2/c1-13-5-4-6-15(9-13)23-18(25)10-24-21-20(29-22(24)26)19-14(12-28-21)11-27-17-8-3-2-7-16(17)19/h2-9,14,19H,10-12H2,1H3,(H,23,25)/t14-,19+/m1/s1. The Morgan fingerprint density at radius 1 is 1.24 bits per heavy atom. The Morgan fingerprint density at radius 3 is 2.97 bits per heavy atom. The molecule has 2 aromatic carbocycles. The molecule has 2 aliphatic heterocycles. The molecule has 2 atom stereocenters. The maximum Gasteiger partial charge on any atom is 0.308 e. The van der Waals surface area contributed by atoms with Crippen LogP contribution < -0.4 is 14.9 Å². The van der Waals surface area contributed by atoms with Crippen molar-refractivity contribution in [1.82, 2.24) is 4.57 Å². The summed E-state index contributed by atoms with van der Waals surface area (Å²) < 4.78 is 7.56. The lowest BCUT2D eigenvalue weighted by Gasteiger charge is -2.36. The van der Waals surface area contributed by atoms with Crippen LogP contribution in [0.1, 0.15) is 21.9 Å². The summed E-state index contributed by atoms with van der Waals surface area (Å²) in [6.45, 7) is 2.67. The first-order chi connectivity index (χ1) is 14.1. The van der Waals surface area contributed by atoms with Gasteiger partial charge in [0.15, 0.2) is 0 Å². The molecule has 0 radical (unpaired) electrons. The molecule has 1 amide bonds. The summed E-state index contributed by atoms with van der Waals surface area (Å²) in [4.78, 5) is 26.4. The number of hydrogen-bond donors (Lipinski definition) is 1. The van der Waals surface area contributed by atoms with Gasteiger partial charge < -0.3 is 10.1 Å². The van der Waals surface area contributed by atoms with Crippen LogP contribution in [0.2, 0.25) is 0 Å². The zero-order chi connectivity index (χ0) is 20.0. The molecule has 29 heavy (non-hydrogen) atoms. The van der Waals surface area contributed by atoms with Crippen LogP contribution in [0.25, 0.3) is 0 Å². The fraction of sp³-hybridized carbons (Fsp3) is 0.273. The van der Waals surface area contributed by atoms with Crippen molar-refractivity contribution in [3.05, 3.63) is 74.2 Å². The molecule has 3 heterocycles. The van der Waals surface area contributed by atoms with Gasteiger partial charge in [0.1, 0.15) is 12.3 Å². The number of benzene rings is 2. The topological polar surface area (TPSA) is 60.3 Å². The highest BCUT2D eigenvalue weighted by atomic mass is 32.2. The van der Waals surface area contributed by atoms with Crippen molar-refractivity contribution in [1.29, 1.82) is 0 Å². The summed E-state index contributed by atoms with van der Waals surface area (Å²) in [7, 11) is 0. The molecule has 0 saturated heterocycles. The van der Waals surface area contributed by atoms with Crippen LogP contribution >= 0.6 is 23.1 Å². The SMILES string of the molecule is Cc1cccc(NC(=O)Cn2c3c(sc2=O)[C@@H]2c4ccccc4OC[C@@H]2CS3)c1. The third-order valence-electron chi connectivity index (χ3n) is 5.37. The second-order valence-corrected chi connectivity index (χ2v) is 9.44. The van der Waals surface area contributed by atoms with Crippen molar-refractivity contribution >= 4 is 34.7 Å². The Balaban J connectivity index is 1.45. The highest BCUT2D eigenvalue weighted by Gasteiger charge is 2.39. The summed E-state index contributed by atoms with van der Waals surface area (Å²) >= 11 is 2.93. The summed E-state index contributed by atoms with van der Waals surface area (Å²) in [5.41, 5.74) is 2.97. The van der Waals surface area contributed by atoms with Gasteiger partial charge in [-0.3, -0.25) is 14.2 Å². The van der Waals surface area contributed by atoms with Gasteiger partial charge in [-0.05, 0) is 30.7 Å². The molecule has 3 aromatic rings. The van der Waals surface area contributed by atoms with Crippen LogP contribution in [-0.4, -0.2) is 22.8 Å². The highest BCUT2D eigenvalue weighted by molar-refractivity contribution is 7.99. The number of hydrogen-bond acceptors (Lipinski definition) is 5. The normalized spacial score (nSPS) is 19.5. The molecule has 5 nitrogen and oxygen atoms in total. The number of thioether (sulfide) groups is 1. The lowest BCUT2D eigenvalue weighted by Crippen LogP contribution is -2.31. The summed E-state index contributed by atoms with van der Waals surface area (Å²) in [5, 5.41) is 3.83. The Kier molecular flexibility index (Phi) is 4.72. The van der Waals surface area contributed by atoms with Crippen LogP contribution in [-0.2, 0) is 11.3 Å². The average Bonchev–Trinajstić information content (AvgIpc) is 3.03. The summed E-state index contributed by atoms with van der Waals surface area (Å²) in [5.74, 6) is 2.09. The van der Waals surface area contributed by atoms with Gasteiger partial charge in [0, 0.05) is 33.7 Å². The predicted octanol–water partition coefficient (Wildman–Crippen LogP) is 4.10. The lowest BCUT2D eigenvalue weighted by atomic mass is 9.84. The van der Waals surface area contributed by atoms with Crippen molar-refractivity contribution in [3.8, 4) is 5.75 Å². The smallest absolute Gasteiger partial charge is 0.308 e. The maximum atomic E-state index is 12.8. The van der Waals surface area contributed by atoms with E-state index in [9.17, 15) is 9.59 Å². The third-order valence-corrected chi connectivity index (χ3v) is 7.87. The van der Waals surface area contributed by atoms with Crippen molar-refractivity contribution in [2.45, 2.75) is 24.4 Å². The molecular weight excluding hydrogens is 404 g/mol. The molecule has 0 unspecified atom stereocenters. The third kappa shape index (κ3) is 3.38. The van der Waals surface area contributed by atoms with E-state index in [1.165, 1.54) is 11.3 Å². The highest BCUT2D eigenvalue weighted by Crippen LogP contribution is 2.50. The van der Waals surface area contributed by atoms with E-state index in [4.69, 9.17) is 4.74 Å². The number of fused-ring (bicyclic) bond motifs is 5. The molecule has 0 bridgehead atoms. The molecule has 148 valence electrons. The monoisotopic (exact) mass is 424 g/mol. The number of para-hydroxylation sites is 1. The molecule has 1 N–H and O–H groups in total. The lowest BCUT2D eigenvalue weighted by molar-refractivity contribution is -0.116. The maximum absolute atomic E-state index is 12.8. The second-order valence-electron chi connectivity index (χ2n) is 7.44. The minimum atomic E-state index is -0.187. The molecule has 0 spiro atoms. The van der Waals surface area contributed by atoms with Gasteiger partial charge in [0.25, 0.3) is 0 Å². The Morgan fingerprint density at radius 2 is 2.10 bits per heavy atom. The number of nitrogens with zero attached hydrogens (tertiary/aromatic N) is 1. The number of amides is 1. The van der Waals surface area contributed by atoms with Crippen molar-refractivity contribution in [2.75, 3.05) is 17.7 Å². The van der Waals surface area contributed by atoms with Gasteiger partial charge in [-0.1, -0.05) is 41.7 Å². The first kappa shape index (κ1) is 18.5. The number of ether oxygens (including phenoxy) is 1. The second kappa shape index (κ2) is 7.39. The zero-order valence-corrected chi connectivity index (χ0v) is 17.5. The molecular formula is C22H20N2O3S2. The van der Waals surface area contributed by atoms with E-state index in [0.717, 1.165) is 38.2 Å². The predicted molar refractivity (Wildman–Crippen MR) is 116 cm³/mol. The molecule has 1 aromatic heterocycles. The average molecular weight is 425 g/mol. The number of aromatic nitrogens is 1. The molecule has 5 rings (SSSR count). The van der Waals surface area contributed by atoms with Gasteiger partial charge in [0.2, 0.25) is 5.91 Å². The molecule has 7 heteroatoms. The number of anilines is 1. The van der Waals surface area contributed by atoms with Crippen molar-refractivity contribution < 1.29 is 9.53 Å². The van der Waals surface area contributed by atoms with E-state index in [0.29, 0.717) is 12.5 Å². The fourth-order valence-electron chi connectivity index (χ4n) is 4.06. The molecule has 2 aliphatic rings. The number of nitrogens with one attached hydrogen (secondary N) is 1. The first-order valence-corrected chi connectivity index (χ1v) is 11.3. The van der Waals surface area contributed by atoms with E-state index in [1.807, 2.05) is 49.4 Å². The number of rotatable bonds is 3. The van der Waals surface area contributed by atoms with Crippen LogP contribution in [0, 0.1) is 12.8 Å². The van der Waals surface area contributed by atoms with E-state index in [-0.39, 0.29) is 23.2 Å². The quantitative estimate of drug-likeness (QED) is 0.688. The van der Waals surface area contributed by atoms with E-state index in [1.54, 1.807) is 16.3 Å². The van der Waals surface area contributed by atoms with Gasteiger partial charge in [-0.15, -0.1) is 11.8 Å². The Bertz CT molecular complexity index is 1150. The van der Waals surface area contributed by atoms with Crippen LogP contribution in [0.4, 0.5) is 5.69 Å². The fourth-order valence-corrected chi connectivity index (χ4v) is 6.75. The summed E-state index contributed by atoms with van der Waals surface area (Å²) in [6.07, 6.45) is 0. The van der Waals surface area contributed by atoms with Crippen molar-refractivity contribution in [2.24, 2.45) is 5.92 Å². The minimum absolute atomic E-state index is 0.0289. The van der Waals surface area contributed by atoms with Crippen LogP contribution in [0.5, 0.6) is 5.75 Å². The minimum Gasteiger partial charge on any atom is -0.493 e. The zero-order valence-electron chi connectivity index (χ0n) is 15.9. The Labute approximate surface area is 176 Å². The first-order valence-electron chi connectivity index (χ1n) is 9.54. The number of carbonyl (C=O) groups is 1. The van der Waals surface area contributed by atoms with Crippen molar-refractivity contribution in [3.63, 3.8) is 0 Å². The number of aryl methyl sites for hydroxylation is 1.